The summed E-state index contributed by atoms with van der Waals surface area (Å²) >= 11 is 0. The number of hydrogen-bond acceptors (Lipinski definition) is 3. The van der Waals surface area contributed by atoms with Crippen molar-refractivity contribution in [2.45, 2.75) is 19.3 Å². The Kier molecular flexibility index (Phi) is 6.29. The van der Waals surface area contributed by atoms with Gasteiger partial charge in [0.05, 0.1) is 18.6 Å². The van der Waals surface area contributed by atoms with Gasteiger partial charge < -0.3 is 15.0 Å². The predicted molar refractivity (Wildman–Crippen MR) is 105 cm³/mol. The molecule has 28 heavy (non-hydrogen) atoms. The highest BCUT2D eigenvalue weighted by molar-refractivity contribution is 5.95. The van der Waals surface area contributed by atoms with E-state index in [1.165, 1.54) is 12.1 Å². The molecule has 2 unspecified atom stereocenters. The zero-order valence-corrected chi connectivity index (χ0v) is 16.2. The standard InChI is InChI=1S/C22H25FN2O3/c1-3-12-24-21(26)18-14-25(22(27)16-9-4-6-10-19(16)23)13-17(18)15-8-5-7-11-20(15)28-2/h4-11,17-18H,3,12-14H2,1-2H3,(H,24,26). The molecule has 1 N–H and O–H groups in total. The number of likely N-dealkylation sites (tertiary alicyclic amines) is 1. The molecule has 1 saturated heterocycles. The fraction of sp³-hybridized carbons (Fsp3) is 0.364. The van der Waals surface area contributed by atoms with Gasteiger partial charge in [-0.2, -0.15) is 0 Å². The number of nitrogens with zero attached hydrogens (tertiary/aromatic N) is 1. The number of carbonyl (C=O) groups is 2. The number of halogens is 1. The molecule has 0 aromatic heterocycles. The Labute approximate surface area is 164 Å². The number of methoxy groups -OCH3 is 1. The van der Waals surface area contributed by atoms with Crippen LogP contribution in [0.2, 0.25) is 0 Å². The molecule has 2 amide bonds. The Hall–Kier alpha value is -2.89. The van der Waals surface area contributed by atoms with Crippen molar-refractivity contribution < 1.29 is 18.7 Å². The van der Waals surface area contributed by atoms with Crippen LogP contribution in [0.3, 0.4) is 0 Å². The number of carbonyl (C=O) groups excluding carboxylic acids is 2. The van der Waals surface area contributed by atoms with E-state index < -0.39 is 17.6 Å². The van der Waals surface area contributed by atoms with Crippen molar-refractivity contribution in [3.8, 4) is 5.75 Å². The van der Waals surface area contributed by atoms with Gasteiger partial charge in [0, 0.05) is 25.6 Å². The molecule has 2 atom stereocenters. The number of rotatable bonds is 6. The molecule has 3 rings (SSSR count). The second-order valence-electron chi connectivity index (χ2n) is 6.94. The number of amides is 2. The first kappa shape index (κ1) is 19.9. The fourth-order valence-electron chi connectivity index (χ4n) is 3.71. The largest absolute Gasteiger partial charge is 0.496 e. The molecule has 0 saturated carbocycles. The third kappa shape index (κ3) is 4.01. The molecule has 1 heterocycles. The van der Waals surface area contributed by atoms with E-state index in [-0.39, 0.29) is 23.9 Å². The lowest BCUT2D eigenvalue weighted by molar-refractivity contribution is -0.124. The monoisotopic (exact) mass is 384 g/mol. The first-order valence-electron chi connectivity index (χ1n) is 9.51. The van der Waals surface area contributed by atoms with Crippen LogP contribution in [0.1, 0.15) is 35.2 Å². The molecule has 1 aliphatic heterocycles. The molecule has 2 aromatic rings. The number of para-hydroxylation sites is 1. The van der Waals surface area contributed by atoms with Gasteiger partial charge in [0.15, 0.2) is 0 Å². The lowest BCUT2D eigenvalue weighted by atomic mass is 9.87. The molecule has 0 radical (unpaired) electrons. The van der Waals surface area contributed by atoms with Crippen LogP contribution in [0.4, 0.5) is 4.39 Å². The first-order valence-corrected chi connectivity index (χ1v) is 9.51. The molecule has 0 bridgehead atoms. The summed E-state index contributed by atoms with van der Waals surface area (Å²) in [4.78, 5) is 27.3. The van der Waals surface area contributed by atoms with E-state index in [0.717, 1.165) is 12.0 Å². The molecule has 1 aliphatic rings. The summed E-state index contributed by atoms with van der Waals surface area (Å²) in [7, 11) is 1.59. The zero-order chi connectivity index (χ0) is 20.1. The summed E-state index contributed by atoms with van der Waals surface area (Å²) < 4.78 is 19.6. The van der Waals surface area contributed by atoms with Crippen LogP contribution >= 0.6 is 0 Å². The molecule has 2 aromatic carbocycles. The number of benzene rings is 2. The van der Waals surface area contributed by atoms with Crippen molar-refractivity contribution in [1.82, 2.24) is 10.2 Å². The van der Waals surface area contributed by atoms with Crippen molar-refractivity contribution in [3.63, 3.8) is 0 Å². The van der Waals surface area contributed by atoms with Gasteiger partial charge in [-0.1, -0.05) is 37.3 Å². The van der Waals surface area contributed by atoms with Crippen molar-refractivity contribution >= 4 is 11.8 Å². The Morgan fingerprint density at radius 3 is 2.57 bits per heavy atom. The summed E-state index contributed by atoms with van der Waals surface area (Å²) in [5.74, 6) is -1.01. The SMILES string of the molecule is CCCNC(=O)C1CN(C(=O)c2ccccc2F)CC1c1ccccc1OC. The summed E-state index contributed by atoms with van der Waals surface area (Å²) in [6, 6.07) is 13.4. The van der Waals surface area contributed by atoms with Gasteiger partial charge in [-0.25, -0.2) is 4.39 Å². The van der Waals surface area contributed by atoms with Gasteiger partial charge in [-0.15, -0.1) is 0 Å². The zero-order valence-electron chi connectivity index (χ0n) is 16.2. The van der Waals surface area contributed by atoms with Crippen LogP contribution in [0.25, 0.3) is 0 Å². The van der Waals surface area contributed by atoms with Crippen LogP contribution in [0.15, 0.2) is 48.5 Å². The van der Waals surface area contributed by atoms with E-state index in [1.807, 2.05) is 31.2 Å². The third-order valence-electron chi connectivity index (χ3n) is 5.14. The molecule has 1 fully saturated rings. The second-order valence-corrected chi connectivity index (χ2v) is 6.94. The summed E-state index contributed by atoms with van der Waals surface area (Å²) in [6.45, 7) is 3.14. The lowest BCUT2D eigenvalue weighted by Crippen LogP contribution is -2.36. The molecular formula is C22H25FN2O3. The number of hydrogen-bond donors (Lipinski definition) is 1. The van der Waals surface area contributed by atoms with Crippen LogP contribution in [-0.2, 0) is 4.79 Å². The molecule has 5 nitrogen and oxygen atoms in total. The highest BCUT2D eigenvalue weighted by Crippen LogP contribution is 2.38. The number of ether oxygens (including phenoxy) is 1. The molecule has 0 aliphatic carbocycles. The van der Waals surface area contributed by atoms with E-state index in [1.54, 1.807) is 24.1 Å². The Morgan fingerprint density at radius 2 is 1.86 bits per heavy atom. The molecule has 6 heteroatoms. The van der Waals surface area contributed by atoms with Gasteiger partial charge in [0.25, 0.3) is 5.91 Å². The average molecular weight is 384 g/mol. The number of nitrogens with one attached hydrogen (secondary N) is 1. The van der Waals surface area contributed by atoms with E-state index >= 15 is 0 Å². The van der Waals surface area contributed by atoms with Crippen molar-refractivity contribution in [1.29, 1.82) is 0 Å². The summed E-state index contributed by atoms with van der Waals surface area (Å²) in [6.07, 6.45) is 0.829. The minimum atomic E-state index is -0.555. The molecule has 148 valence electrons. The minimum Gasteiger partial charge on any atom is -0.496 e. The highest BCUT2D eigenvalue weighted by atomic mass is 19.1. The lowest BCUT2D eigenvalue weighted by Gasteiger charge is -2.20. The fourth-order valence-corrected chi connectivity index (χ4v) is 3.71. The quantitative estimate of drug-likeness (QED) is 0.832. The highest BCUT2D eigenvalue weighted by Gasteiger charge is 2.41. The Balaban J connectivity index is 1.91. The smallest absolute Gasteiger partial charge is 0.256 e. The molecule has 0 spiro atoms. The van der Waals surface area contributed by atoms with Crippen molar-refractivity contribution in [3.05, 3.63) is 65.5 Å². The average Bonchev–Trinajstić information content (AvgIpc) is 3.17. The van der Waals surface area contributed by atoms with Crippen LogP contribution in [-0.4, -0.2) is 43.5 Å². The van der Waals surface area contributed by atoms with Crippen LogP contribution in [0, 0.1) is 11.7 Å². The van der Waals surface area contributed by atoms with Gasteiger partial charge >= 0.3 is 0 Å². The summed E-state index contributed by atoms with van der Waals surface area (Å²) in [5.41, 5.74) is 0.904. The van der Waals surface area contributed by atoms with Gasteiger partial charge in [-0.05, 0) is 30.2 Å². The van der Waals surface area contributed by atoms with Gasteiger partial charge in [-0.3, -0.25) is 9.59 Å². The van der Waals surface area contributed by atoms with Gasteiger partial charge in [0.1, 0.15) is 11.6 Å². The normalized spacial score (nSPS) is 18.8. The van der Waals surface area contributed by atoms with Crippen molar-refractivity contribution in [2.24, 2.45) is 5.92 Å². The predicted octanol–water partition coefficient (Wildman–Crippen LogP) is 3.22. The van der Waals surface area contributed by atoms with Crippen LogP contribution < -0.4 is 10.1 Å². The Bertz CT molecular complexity index is 855. The topological polar surface area (TPSA) is 58.6 Å². The maximum atomic E-state index is 14.1. The first-order chi connectivity index (χ1) is 13.6. The van der Waals surface area contributed by atoms with E-state index in [2.05, 4.69) is 5.32 Å². The second kappa shape index (κ2) is 8.87. The van der Waals surface area contributed by atoms with Gasteiger partial charge in [0.2, 0.25) is 5.91 Å². The van der Waals surface area contributed by atoms with E-state index in [4.69, 9.17) is 4.74 Å². The van der Waals surface area contributed by atoms with E-state index in [9.17, 15) is 14.0 Å². The minimum absolute atomic E-state index is 0.0240. The van der Waals surface area contributed by atoms with Crippen molar-refractivity contribution in [2.75, 3.05) is 26.7 Å². The maximum absolute atomic E-state index is 14.1. The molecular weight excluding hydrogens is 359 g/mol. The van der Waals surface area contributed by atoms with E-state index in [0.29, 0.717) is 18.8 Å². The van der Waals surface area contributed by atoms with Crippen LogP contribution in [0.5, 0.6) is 5.75 Å². The maximum Gasteiger partial charge on any atom is 0.256 e. The summed E-state index contributed by atoms with van der Waals surface area (Å²) in [5, 5.41) is 2.93. The Morgan fingerprint density at radius 1 is 1.14 bits per heavy atom. The third-order valence-corrected chi connectivity index (χ3v) is 5.14.